The molecule has 0 saturated carbocycles. The monoisotopic (exact) mass is 262 g/mol. The van der Waals surface area contributed by atoms with Crippen LogP contribution in [0.5, 0.6) is 0 Å². The smallest absolute Gasteiger partial charge is 0.0589 e. The van der Waals surface area contributed by atoms with Gasteiger partial charge in [-0.15, -0.1) is 0 Å². The zero-order valence-electron chi connectivity index (χ0n) is 12.3. The van der Waals surface area contributed by atoms with Gasteiger partial charge in [-0.25, -0.2) is 0 Å². The third-order valence-corrected chi connectivity index (χ3v) is 4.01. The van der Waals surface area contributed by atoms with Crippen LogP contribution >= 0.6 is 0 Å². The van der Waals surface area contributed by atoms with Gasteiger partial charge in [-0.3, -0.25) is 4.90 Å². The summed E-state index contributed by atoms with van der Waals surface area (Å²) < 4.78 is 5.25. The number of ether oxygens (including phenoxy) is 1. The molecular formula is C16H26N2O. The van der Waals surface area contributed by atoms with Crippen LogP contribution in [-0.4, -0.2) is 44.3 Å². The third-order valence-electron chi connectivity index (χ3n) is 4.01. The molecule has 2 unspecified atom stereocenters. The molecule has 1 aliphatic heterocycles. The van der Waals surface area contributed by atoms with E-state index >= 15 is 0 Å². The van der Waals surface area contributed by atoms with Crippen molar-refractivity contribution in [2.75, 3.05) is 33.4 Å². The van der Waals surface area contributed by atoms with Gasteiger partial charge in [0.15, 0.2) is 0 Å². The number of hydrogen-bond donors (Lipinski definition) is 1. The maximum absolute atomic E-state index is 5.25. The number of methoxy groups -OCH3 is 1. The molecule has 1 aromatic carbocycles. The summed E-state index contributed by atoms with van der Waals surface area (Å²) in [6, 6.07) is 11.8. The second kappa shape index (κ2) is 7.04. The van der Waals surface area contributed by atoms with Gasteiger partial charge in [-0.05, 0) is 11.5 Å². The van der Waals surface area contributed by atoms with Gasteiger partial charge < -0.3 is 10.1 Å². The molecular weight excluding hydrogens is 236 g/mol. The first-order chi connectivity index (χ1) is 9.22. The van der Waals surface area contributed by atoms with Crippen LogP contribution in [-0.2, 0) is 4.74 Å². The van der Waals surface area contributed by atoms with Crippen molar-refractivity contribution >= 4 is 0 Å². The van der Waals surface area contributed by atoms with Crippen molar-refractivity contribution in [2.24, 2.45) is 5.92 Å². The van der Waals surface area contributed by atoms with Crippen molar-refractivity contribution in [1.29, 1.82) is 0 Å². The Hall–Kier alpha value is -0.900. The van der Waals surface area contributed by atoms with Gasteiger partial charge in [0, 0.05) is 38.8 Å². The second-order valence-electron chi connectivity index (χ2n) is 5.67. The van der Waals surface area contributed by atoms with Crippen LogP contribution in [0.2, 0.25) is 0 Å². The van der Waals surface area contributed by atoms with Gasteiger partial charge in [-0.2, -0.15) is 0 Å². The molecule has 1 fully saturated rings. The van der Waals surface area contributed by atoms with Crippen molar-refractivity contribution in [3.8, 4) is 0 Å². The first-order valence-electron chi connectivity index (χ1n) is 7.23. The molecule has 2 atom stereocenters. The molecule has 0 amide bonds. The molecule has 1 aromatic rings. The first-order valence-corrected chi connectivity index (χ1v) is 7.23. The van der Waals surface area contributed by atoms with Gasteiger partial charge in [-0.1, -0.05) is 44.2 Å². The summed E-state index contributed by atoms with van der Waals surface area (Å²) in [6.07, 6.45) is 0. The summed E-state index contributed by atoms with van der Waals surface area (Å²) >= 11 is 0. The van der Waals surface area contributed by atoms with Crippen LogP contribution < -0.4 is 5.32 Å². The van der Waals surface area contributed by atoms with E-state index in [0.717, 1.165) is 26.2 Å². The summed E-state index contributed by atoms with van der Waals surface area (Å²) in [7, 11) is 1.78. The van der Waals surface area contributed by atoms with E-state index < -0.39 is 0 Å². The Morgan fingerprint density at radius 2 is 2.05 bits per heavy atom. The average Bonchev–Trinajstić information content (AvgIpc) is 2.45. The fourth-order valence-electron chi connectivity index (χ4n) is 2.86. The van der Waals surface area contributed by atoms with E-state index in [9.17, 15) is 0 Å². The fraction of sp³-hybridized carbons (Fsp3) is 0.625. The van der Waals surface area contributed by atoms with Crippen molar-refractivity contribution < 1.29 is 4.74 Å². The molecule has 1 saturated heterocycles. The highest BCUT2D eigenvalue weighted by Crippen LogP contribution is 2.22. The van der Waals surface area contributed by atoms with E-state index in [0.29, 0.717) is 18.0 Å². The largest absolute Gasteiger partial charge is 0.383 e. The number of rotatable bonds is 5. The Morgan fingerprint density at radius 3 is 2.68 bits per heavy atom. The molecule has 1 N–H and O–H groups in total. The van der Waals surface area contributed by atoms with E-state index in [4.69, 9.17) is 4.74 Å². The lowest BCUT2D eigenvalue weighted by molar-refractivity contribution is 0.0658. The minimum absolute atomic E-state index is 0.438. The Kier molecular flexibility index (Phi) is 5.37. The zero-order valence-corrected chi connectivity index (χ0v) is 12.3. The van der Waals surface area contributed by atoms with E-state index in [1.54, 1.807) is 7.11 Å². The molecule has 1 aliphatic rings. The normalized spacial score (nSPS) is 24.8. The average molecular weight is 262 g/mol. The quantitative estimate of drug-likeness (QED) is 0.881. The molecule has 19 heavy (non-hydrogen) atoms. The highest BCUT2D eigenvalue weighted by molar-refractivity contribution is 5.20. The van der Waals surface area contributed by atoms with Gasteiger partial charge in [0.2, 0.25) is 0 Å². The predicted octanol–water partition coefficient (Wildman–Crippen LogP) is 2.30. The van der Waals surface area contributed by atoms with E-state index in [-0.39, 0.29) is 0 Å². The molecule has 0 radical (unpaired) electrons. The molecule has 3 heteroatoms. The molecule has 0 aromatic heterocycles. The first kappa shape index (κ1) is 14.5. The van der Waals surface area contributed by atoms with Crippen LogP contribution in [0.3, 0.4) is 0 Å². The Bertz CT molecular complexity index is 366. The van der Waals surface area contributed by atoms with Crippen molar-refractivity contribution in [3.63, 3.8) is 0 Å². The summed E-state index contributed by atoms with van der Waals surface area (Å²) in [6.45, 7) is 8.55. The maximum Gasteiger partial charge on any atom is 0.0589 e. The van der Waals surface area contributed by atoms with Gasteiger partial charge in [0.1, 0.15) is 0 Å². The number of piperazine rings is 1. The van der Waals surface area contributed by atoms with E-state index in [2.05, 4.69) is 54.4 Å². The predicted molar refractivity (Wildman–Crippen MR) is 79.3 cm³/mol. The molecule has 106 valence electrons. The molecule has 0 spiro atoms. The molecule has 2 rings (SSSR count). The van der Waals surface area contributed by atoms with Gasteiger partial charge in [0.05, 0.1) is 6.61 Å². The van der Waals surface area contributed by atoms with Gasteiger partial charge >= 0.3 is 0 Å². The third kappa shape index (κ3) is 3.78. The maximum atomic E-state index is 5.25. The SMILES string of the molecule is COCCN1CC(c2ccccc2)NCC1C(C)C. The second-order valence-corrected chi connectivity index (χ2v) is 5.67. The summed E-state index contributed by atoms with van der Waals surface area (Å²) in [4.78, 5) is 2.57. The van der Waals surface area contributed by atoms with Crippen molar-refractivity contribution in [1.82, 2.24) is 10.2 Å². The molecule has 0 bridgehead atoms. The van der Waals surface area contributed by atoms with E-state index in [1.807, 2.05) is 0 Å². The van der Waals surface area contributed by atoms with Crippen LogP contribution in [0.1, 0.15) is 25.5 Å². The molecule has 3 nitrogen and oxygen atoms in total. The van der Waals surface area contributed by atoms with Crippen molar-refractivity contribution in [3.05, 3.63) is 35.9 Å². The standard InChI is InChI=1S/C16H26N2O/c1-13(2)16-11-17-15(12-18(16)9-10-19-3)14-7-5-4-6-8-14/h4-8,13,15-17H,9-12H2,1-3H3. The molecule has 0 aliphatic carbocycles. The highest BCUT2D eigenvalue weighted by atomic mass is 16.5. The zero-order chi connectivity index (χ0) is 13.7. The lowest BCUT2D eigenvalue weighted by Gasteiger charge is -2.42. The highest BCUT2D eigenvalue weighted by Gasteiger charge is 2.29. The number of nitrogens with one attached hydrogen (secondary N) is 1. The summed E-state index contributed by atoms with van der Waals surface area (Å²) in [5, 5.41) is 3.69. The van der Waals surface area contributed by atoms with Crippen LogP contribution in [0.15, 0.2) is 30.3 Å². The Labute approximate surface area is 116 Å². The fourth-order valence-corrected chi connectivity index (χ4v) is 2.86. The number of hydrogen-bond acceptors (Lipinski definition) is 3. The minimum Gasteiger partial charge on any atom is -0.383 e. The van der Waals surface area contributed by atoms with Crippen molar-refractivity contribution in [2.45, 2.75) is 25.9 Å². The van der Waals surface area contributed by atoms with Crippen LogP contribution in [0.4, 0.5) is 0 Å². The summed E-state index contributed by atoms with van der Waals surface area (Å²) in [5.41, 5.74) is 1.38. The Balaban J connectivity index is 2.03. The van der Waals surface area contributed by atoms with E-state index in [1.165, 1.54) is 5.56 Å². The molecule has 1 heterocycles. The number of nitrogens with zero attached hydrogens (tertiary/aromatic N) is 1. The van der Waals surface area contributed by atoms with Crippen LogP contribution in [0.25, 0.3) is 0 Å². The topological polar surface area (TPSA) is 24.5 Å². The number of benzene rings is 1. The summed E-state index contributed by atoms with van der Waals surface area (Å²) in [5.74, 6) is 0.668. The lowest BCUT2D eigenvalue weighted by Crippen LogP contribution is -2.55. The lowest BCUT2D eigenvalue weighted by atomic mass is 9.96. The van der Waals surface area contributed by atoms with Gasteiger partial charge in [0.25, 0.3) is 0 Å². The Morgan fingerprint density at radius 1 is 1.32 bits per heavy atom. The minimum atomic E-state index is 0.438. The van der Waals surface area contributed by atoms with Crippen LogP contribution in [0, 0.1) is 5.92 Å².